The molecular formula is C35H36N4O3. The maximum atomic E-state index is 14.4. The van der Waals surface area contributed by atoms with Crippen LogP contribution in [-0.2, 0) is 27.4 Å². The number of aryl methyl sites for hydroxylation is 1. The van der Waals surface area contributed by atoms with Crippen LogP contribution in [0.5, 0.6) is 0 Å². The van der Waals surface area contributed by atoms with Gasteiger partial charge in [-0.05, 0) is 37.7 Å². The Bertz CT molecular complexity index is 1660. The molecule has 3 atom stereocenters. The second kappa shape index (κ2) is 10.9. The van der Waals surface area contributed by atoms with E-state index in [0.717, 1.165) is 47.1 Å². The molecule has 4 heterocycles. The molecule has 1 aliphatic carbocycles. The summed E-state index contributed by atoms with van der Waals surface area (Å²) in [6.07, 6.45) is 13.6. The van der Waals surface area contributed by atoms with Crippen LogP contribution in [0.1, 0.15) is 17.5 Å². The summed E-state index contributed by atoms with van der Waals surface area (Å²) < 4.78 is 8.72. The van der Waals surface area contributed by atoms with Gasteiger partial charge in [-0.15, -0.1) is 0 Å². The smallest absolute Gasteiger partial charge is 0.262 e. The number of likely N-dealkylation sites (N-methyl/N-ethyl adjacent to an activating group) is 1. The van der Waals surface area contributed by atoms with Gasteiger partial charge in [0.1, 0.15) is 0 Å². The van der Waals surface area contributed by atoms with Crippen molar-refractivity contribution < 1.29 is 14.3 Å². The third kappa shape index (κ3) is 4.63. The van der Waals surface area contributed by atoms with Crippen LogP contribution in [0.15, 0.2) is 102 Å². The van der Waals surface area contributed by atoms with Crippen molar-refractivity contribution in [2.45, 2.75) is 31.7 Å². The quantitative estimate of drug-likeness (QED) is 0.436. The van der Waals surface area contributed by atoms with Gasteiger partial charge < -0.3 is 19.1 Å². The summed E-state index contributed by atoms with van der Waals surface area (Å²) in [5, 5.41) is 0.985. The minimum absolute atomic E-state index is 0.0236. The number of carbonyl (C=O) groups is 2. The molecule has 3 aliphatic heterocycles. The summed E-state index contributed by atoms with van der Waals surface area (Å²) >= 11 is 0. The molecule has 1 aromatic heterocycles. The zero-order chi connectivity index (χ0) is 28.8. The number of nitrogens with zero attached hydrogens (tertiary/aromatic N) is 4. The molecule has 4 bridgehead atoms. The molecule has 214 valence electrons. The number of aromatic nitrogens is 1. The number of rotatable bonds is 4. The minimum atomic E-state index is -0.228. The Kier molecular flexibility index (Phi) is 6.92. The van der Waals surface area contributed by atoms with E-state index in [4.69, 9.17) is 4.74 Å². The molecule has 0 fully saturated rings. The Morgan fingerprint density at radius 3 is 2.50 bits per heavy atom. The Labute approximate surface area is 246 Å². The number of allylic oxidation sites excluding steroid dienone is 2. The zero-order valence-electron chi connectivity index (χ0n) is 24.1. The molecule has 3 aromatic rings. The summed E-state index contributed by atoms with van der Waals surface area (Å²) in [6, 6.07) is 18.0. The van der Waals surface area contributed by atoms with E-state index in [0.29, 0.717) is 24.3 Å². The van der Waals surface area contributed by atoms with Crippen molar-refractivity contribution in [1.82, 2.24) is 19.3 Å². The average Bonchev–Trinajstić information content (AvgIpc) is 3.62. The summed E-state index contributed by atoms with van der Waals surface area (Å²) in [5.74, 6) is -0.474. The first-order chi connectivity index (χ1) is 20.5. The molecule has 0 saturated heterocycles. The maximum absolute atomic E-state index is 14.4. The van der Waals surface area contributed by atoms with Gasteiger partial charge in [0.25, 0.3) is 11.8 Å². The van der Waals surface area contributed by atoms with E-state index >= 15 is 0 Å². The van der Waals surface area contributed by atoms with E-state index in [1.165, 1.54) is 4.90 Å². The predicted octanol–water partition coefficient (Wildman–Crippen LogP) is 4.62. The second-order valence-electron chi connectivity index (χ2n) is 11.8. The van der Waals surface area contributed by atoms with E-state index < -0.39 is 0 Å². The van der Waals surface area contributed by atoms with Gasteiger partial charge in [0.2, 0.25) is 0 Å². The van der Waals surface area contributed by atoms with Crippen molar-refractivity contribution in [2.24, 2.45) is 5.92 Å². The maximum Gasteiger partial charge on any atom is 0.262 e. The lowest BCUT2D eigenvalue weighted by atomic mass is 9.84. The number of para-hydroxylation sites is 1. The Balaban J connectivity index is 1.41. The molecule has 4 aliphatic rings. The number of amides is 2. The molecule has 0 saturated carbocycles. The zero-order valence-corrected chi connectivity index (χ0v) is 24.1. The molecule has 2 amide bonds. The van der Waals surface area contributed by atoms with E-state index in [-0.39, 0.29) is 36.4 Å². The fraction of sp³-hybridized carbons (Fsp3) is 0.314. The topological polar surface area (TPSA) is 58.0 Å². The highest BCUT2D eigenvalue weighted by atomic mass is 16.5. The van der Waals surface area contributed by atoms with Crippen LogP contribution in [0.2, 0.25) is 0 Å². The fourth-order valence-corrected chi connectivity index (χ4v) is 6.87. The highest BCUT2D eigenvalue weighted by Crippen LogP contribution is 2.45. The van der Waals surface area contributed by atoms with Gasteiger partial charge in [-0.1, -0.05) is 72.8 Å². The number of benzene rings is 2. The first-order valence-electron chi connectivity index (χ1n) is 14.8. The Morgan fingerprint density at radius 1 is 0.905 bits per heavy atom. The summed E-state index contributed by atoms with van der Waals surface area (Å²) in [4.78, 5) is 34.6. The van der Waals surface area contributed by atoms with Crippen LogP contribution in [0.25, 0.3) is 16.5 Å². The molecule has 0 radical (unpaired) electrons. The number of hydrogen-bond acceptors (Lipinski definition) is 5. The van der Waals surface area contributed by atoms with E-state index in [1.807, 2.05) is 48.5 Å². The molecule has 2 aromatic carbocycles. The lowest BCUT2D eigenvalue weighted by Gasteiger charge is -2.29. The largest absolute Gasteiger partial charge is 0.375 e. The average molecular weight is 561 g/mol. The van der Waals surface area contributed by atoms with Crippen molar-refractivity contribution in [3.63, 3.8) is 0 Å². The molecule has 0 spiro atoms. The molecule has 0 N–H and O–H groups in total. The van der Waals surface area contributed by atoms with Gasteiger partial charge in [-0.25, -0.2) is 0 Å². The normalized spacial score (nSPS) is 24.0. The van der Waals surface area contributed by atoms with E-state index in [2.05, 4.69) is 71.2 Å². The number of ether oxygens (including phenoxy) is 1. The first kappa shape index (κ1) is 26.7. The highest BCUT2D eigenvalue weighted by molar-refractivity contribution is 6.38. The van der Waals surface area contributed by atoms with Gasteiger partial charge >= 0.3 is 0 Å². The molecule has 7 nitrogen and oxygen atoms in total. The Hall–Kier alpha value is -4.20. The van der Waals surface area contributed by atoms with Crippen molar-refractivity contribution in [3.8, 4) is 0 Å². The van der Waals surface area contributed by atoms with Crippen LogP contribution < -0.4 is 0 Å². The third-order valence-electron chi connectivity index (χ3n) is 8.81. The monoisotopic (exact) mass is 560 g/mol. The molecule has 42 heavy (non-hydrogen) atoms. The molecule has 2 unspecified atom stereocenters. The third-order valence-corrected chi connectivity index (χ3v) is 8.81. The SMILES string of the molecule is CN(C)C[C@H]1CCn2cc(c3ccccc32)C2=C(C(=O)N(Cc3ccccc3)C2=O)C2=CN(CCO1)C1C=CC=CC21. The first-order valence-corrected chi connectivity index (χ1v) is 14.8. The number of carbonyl (C=O) groups excluding carboxylic acids is 2. The van der Waals surface area contributed by atoms with E-state index in [1.54, 1.807) is 0 Å². The van der Waals surface area contributed by atoms with Gasteiger partial charge in [0, 0.05) is 54.4 Å². The lowest BCUT2D eigenvalue weighted by molar-refractivity contribution is -0.137. The summed E-state index contributed by atoms with van der Waals surface area (Å²) in [6.45, 7) is 3.11. The molecule has 7 heteroatoms. The second-order valence-corrected chi connectivity index (χ2v) is 11.8. The van der Waals surface area contributed by atoms with Crippen molar-refractivity contribution in [2.75, 3.05) is 33.8 Å². The van der Waals surface area contributed by atoms with Crippen LogP contribution in [0, 0.1) is 5.92 Å². The van der Waals surface area contributed by atoms with Crippen LogP contribution in [-0.4, -0.2) is 77.0 Å². The van der Waals surface area contributed by atoms with Crippen molar-refractivity contribution >= 4 is 28.3 Å². The van der Waals surface area contributed by atoms with Gasteiger partial charge in [-0.3, -0.25) is 14.5 Å². The highest BCUT2D eigenvalue weighted by Gasteiger charge is 2.46. The van der Waals surface area contributed by atoms with Crippen molar-refractivity contribution in [1.29, 1.82) is 0 Å². The number of hydrogen-bond donors (Lipinski definition) is 0. The molecule has 7 rings (SSSR count). The predicted molar refractivity (Wildman–Crippen MR) is 164 cm³/mol. The van der Waals surface area contributed by atoms with Crippen LogP contribution in [0.3, 0.4) is 0 Å². The van der Waals surface area contributed by atoms with Crippen molar-refractivity contribution in [3.05, 3.63) is 114 Å². The van der Waals surface area contributed by atoms with Crippen LogP contribution >= 0.6 is 0 Å². The van der Waals surface area contributed by atoms with Crippen LogP contribution in [0.4, 0.5) is 0 Å². The van der Waals surface area contributed by atoms with Gasteiger partial charge in [0.15, 0.2) is 0 Å². The Morgan fingerprint density at radius 2 is 1.67 bits per heavy atom. The standard InChI is InChI=1S/C35H36N4O3/c1-36(2)21-25-16-17-37-22-28(26-12-6-8-14-30(26)37)32-33(35(41)39(34(32)40)20-24-10-4-3-5-11-24)29-23-38(18-19-42-25)31-15-9-7-13-27(29)31/h3-15,22-23,25,27,31H,16-21H2,1-2H3/t25-,27?,31?/m1/s1. The lowest BCUT2D eigenvalue weighted by Crippen LogP contribution is -2.36. The summed E-state index contributed by atoms with van der Waals surface area (Å²) in [7, 11) is 4.16. The minimum Gasteiger partial charge on any atom is -0.375 e. The molecular weight excluding hydrogens is 524 g/mol. The number of fused-ring (bicyclic) bond motifs is 11. The summed E-state index contributed by atoms with van der Waals surface area (Å²) in [5.41, 5.74) is 4.75. The fourth-order valence-electron chi connectivity index (χ4n) is 6.87. The number of imide groups is 1. The van der Waals surface area contributed by atoms with E-state index in [9.17, 15) is 9.59 Å². The van der Waals surface area contributed by atoms with Gasteiger partial charge in [-0.2, -0.15) is 0 Å². The van der Waals surface area contributed by atoms with Gasteiger partial charge in [0.05, 0.1) is 36.4 Å².